The minimum absolute atomic E-state index is 0. The van der Waals surface area contributed by atoms with Gasteiger partial charge in [-0.25, -0.2) is 0 Å². The zero-order chi connectivity index (χ0) is 5.54. The van der Waals surface area contributed by atoms with Crippen LogP contribution in [0, 0.1) is 0 Å². The van der Waals surface area contributed by atoms with E-state index < -0.39 is 0 Å². The van der Waals surface area contributed by atoms with E-state index >= 15 is 0 Å². The Balaban J connectivity index is 0. The Morgan fingerprint density at radius 3 is 2.50 bits per heavy atom. The number of nitrogens with one attached hydrogen (secondary N) is 1. The number of hydrogen-bond acceptors (Lipinski definition) is 2. The van der Waals surface area contributed by atoms with E-state index in [0.717, 1.165) is 19.8 Å². The van der Waals surface area contributed by atoms with Crippen molar-refractivity contribution in [1.29, 1.82) is 0 Å². The van der Waals surface area contributed by atoms with E-state index in [0.29, 0.717) is 0 Å². The Hall–Kier alpha value is -0.0800. The van der Waals surface area contributed by atoms with E-state index in [9.17, 15) is 0 Å². The van der Waals surface area contributed by atoms with Crippen LogP contribution < -0.4 is 5.32 Å². The van der Waals surface area contributed by atoms with Crippen LogP contribution in [0.3, 0.4) is 0 Å². The second kappa shape index (κ2) is 10.0. The first kappa shape index (κ1) is 10.8. The molecular formula is C6H17NO. The maximum atomic E-state index is 5.01. The normalized spacial score (nSPS) is 8.25. The van der Waals surface area contributed by atoms with Crippen LogP contribution >= 0.6 is 0 Å². The maximum Gasteiger partial charge on any atom is 0.0590 e. The van der Waals surface area contributed by atoms with Gasteiger partial charge in [-0.3, -0.25) is 0 Å². The van der Waals surface area contributed by atoms with Gasteiger partial charge in [0, 0.05) is 13.2 Å². The molecule has 0 saturated heterocycles. The third-order valence-electron chi connectivity index (χ3n) is 0.701. The summed E-state index contributed by atoms with van der Waals surface area (Å²) in [5, 5.41) is 2.98. The van der Waals surface area contributed by atoms with E-state index in [-0.39, 0.29) is 7.43 Å². The molecule has 2 nitrogen and oxygen atoms in total. The van der Waals surface area contributed by atoms with Crippen molar-refractivity contribution in [3.63, 3.8) is 0 Å². The van der Waals surface area contributed by atoms with Gasteiger partial charge in [0.1, 0.15) is 0 Å². The molecule has 1 N–H and O–H groups in total. The number of likely N-dealkylation sites (N-methyl/N-ethyl adjacent to an activating group) is 1. The molecule has 0 aromatic carbocycles. The quantitative estimate of drug-likeness (QED) is 0.555. The van der Waals surface area contributed by atoms with Crippen molar-refractivity contribution in [2.75, 3.05) is 26.8 Å². The average molecular weight is 119 g/mol. The molecule has 0 aliphatic rings. The molecular weight excluding hydrogens is 102 g/mol. The number of hydrogen-bond donors (Lipinski definition) is 1. The molecule has 0 aromatic heterocycles. The van der Waals surface area contributed by atoms with Crippen molar-refractivity contribution in [2.24, 2.45) is 0 Å². The monoisotopic (exact) mass is 119 g/mol. The standard InChI is InChI=1S/C5H13NO.CH4/c1-3-7-5-4-6-2;/h6H,3-5H2,1-2H3;1H4. The second-order valence-electron chi connectivity index (χ2n) is 1.30. The fraction of sp³-hybridized carbons (Fsp3) is 1.00. The highest BCUT2D eigenvalue weighted by atomic mass is 16.5. The molecule has 0 fully saturated rings. The molecule has 0 unspecified atom stereocenters. The smallest absolute Gasteiger partial charge is 0.0590 e. The zero-order valence-corrected chi connectivity index (χ0v) is 5.03. The lowest BCUT2D eigenvalue weighted by molar-refractivity contribution is 0.151. The summed E-state index contributed by atoms with van der Waals surface area (Å²) >= 11 is 0. The van der Waals surface area contributed by atoms with Crippen LogP contribution in [0.2, 0.25) is 0 Å². The van der Waals surface area contributed by atoms with E-state index in [1.54, 1.807) is 0 Å². The summed E-state index contributed by atoms with van der Waals surface area (Å²) in [4.78, 5) is 0. The van der Waals surface area contributed by atoms with Gasteiger partial charge in [0.2, 0.25) is 0 Å². The Morgan fingerprint density at radius 1 is 1.50 bits per heavy atom. The molecule has 2 heteroatoms. The van der Waals surface area contributed by atoms with Crippen molar-refractivity contribution < 1.29 is 4.74 Å². The summed E-state index contributed by atoms with van der Waals surface area (Å²) in [5.74, 6) is 0. The molecule has 0 aliphatic heterocycles. The first-order chi connectivity index (χ1) is 3.41. The minimum atomic E-state index is 0. The number of ether oxygens (including phenoxy) is 1. The van der Waals surface area contributed by atoms with Crippen molar-refractivity contribution in [2.45, 2.75) is 14.4 Å². The fourth-order valence-electron chi connectivity index (χ4n) is 0.319. The third-order valence-corrected chi connectivity index (χ3v) is 0.701. The van der Waals surface area contributed by atoms with Crippen LogP contribution in [0.1, 0.15) is 14.4 Å². The molecule has 0 rings (SSSR count). The van der Waals surface area contributed by atoms with Gasteiger partial charge in [-0.05, 0) is 14.0 Å². The van der Waals surface area contributed by atoms with Gasteiger partial charge in [0.25, 0.3) is 0 Å². The highest BCUT2D eigenvalue weighted by Gasteiger charge is 1.76. The van der Waals surface area contributed by atoms with Gasteiger partial charge in [-0.2, -0.15) is 0 Å². The Labute approximate surface area is 52.2 Å². The SMILES string of the molecule is C.CCOCCNC. The van der Waals surface area contributed by atoms with Gasteiger partial charge in [-0.1, -0.05) is 7.43 Å². The fourth-order valence-corrected chi connectivity index (χ4v) is 0.319. The van der Waals surface area contributed by atoms with E-state index in [1.807, 2.05) is 14.0 Å². The molecule has 0 aliphatic carbocycles. The lowest BCUT2D eigenvalue weighted by atomic mass is 10.7. The Morgan fingerprint density at radius 2 is 2.12 bits per heavy atom. The zero-order valence-electron chi connectivity index (χ0n) is 5.03. The van der Waals surface area contributed by atoms with E-state index in [4.69, 9.17) is 4.74 Å². The van der Waals surface area contributed by atoms with Crippen molar-refractivity contribution in [3.05, 3.63) is 0 Å². The summed E-state index contributed by atoms with van der Waals surface area (Å²) < 4.78 is 5.01. The topological polar surface area (TPSA) is 21.3 Å². The molecule has 8 heavy (non-hydrogen) atoms. The highest BCUT2D eigenvalue weighted by molar-refractivity contribution is 4.32. The molecule has 0 atom stereocenters. The second-order valence-corrected chi connectivity index (χ2v) is 1.30. The predicted molar refractivity (Wildman–Crippen MR) is 37.2 cm³/mol. The maximum absolute atomic E-state index is 5.01. The first-order valence-corrected chi connectivity index (χ1v) is 2.64. The molecule has 0 bridgehead atoms. The van der Waals surface area contributed by atoms with Crippen LogP contribution in [0.4, 0.5) is 0 Å². The summed E-state index contributed by atoms with van der Waals surface area (Å²) in [6.45, 7) is 4.60. The molecule has 52 valence electrons. The van der Waals surface area contributed by atoms with Crippen LogP contribution in [-0.4, -0.2) is 26.8 Å². The lowest BCUT2D eigenvalue weighted by Gasteiger charge is -1.96. The lowest BCUT2D eigenvalue weighted by Crippen LogP contribution is -2.13. The van der Waals surface area contributed by atoms with Crippen molar-refractivity contribution in [1.82, 2.24) is 5.32 Å². The van der Waals surface area contributed by atoms with Gasteiger partial charge in [-0.15, -0.1) is 0 Å². The predicted octanol–water partition coefficient (Wildman–Crippen LogP) is 0.878. The van der Waals surface area contributed by atoms with Crippen LogP contribution in [0.25, 0.3) is 0 Å². The largest absolute Gasteiger partial charge is 0.380 e. The average Bonchev–Trinajstić information content (AvgIpc) is 1.69. The third kappa shape index (κ3) is 9.33. The van der Waals surface area contributed by atoms with Crippen LogP contribution in [0.5, 0.6) is 0 Å². The molecule has 0 aromatic rings. The number of rotatable bonds is 4. The molecule has 0 heterocycles. The van der Waals surface area contributed by atoms with Gasteiger partial charge in [0.05, 0.1) is 6.61 Å². The van der Waals surface area contributed by atoms with Gasteiger partial charge < -0.3 is 10.1 Å². The minimum Gasteiger partial charge on any atom is -0.380 e. The highest BCUT2D eigenvalue weighted by Crippen LogP contribution is 1.67. The van der Waals surface area contributed by atoms with E-state index in [1.165, 1.54) is 0 Å². The summed E-state index contributed by atoms with van der Waals surface area (Å²) in [5.41, 5.74) is 0. The summed E-state index contributed by atoms with van der Waals surface area (Å²) in [6.07, 6.45) is 0. The van der Waals surface area contributed by atoms with Crippen LogP contribution in [0.15, 0.2) is 0 Å². The molecule has 0 radical (unpaired) electrons. The van der Waals surface area contributed by atoms with E-state index in [2.05, 4.69) is 5.32 Å². The van der Waals surface area contributed by atoms with Crippen LogP contribution in [-0.2, 0) is 4.74 Å². The summed E-state index contributed by atoms with van der Waals surface area (Å²) in [6, 6.07) is 0. The van der Waals surface area contributed by atoms with Crippen molar-refractivity contribution in [3.8, 4) is 0 Å². The van der Waals surface area contributed by atoms with Gasteiger partial charge in [0.15, 0.2) is 0 Å². The Kier molecular flexibility index (Phi) is 13.6. The summed E-state index contributed by atoms with van der Waals surface area (Å²) in [7, 11) is 1.92. The first-order valence-electron chi connectivity index (χ1n) is 2.64. The van der Waals surface area contributed by atoms with Gasteiger partial charge >= 0.3 is 0 Å². The molecule has 0 spiro atoms. The van der Waals surface area contributed by atoms with Crippen molar-refractivity contribution >= 4 is 0 Å². The Bertz CT molecular complexity index is 27.7. The molecule has 0 amide bonds. The molecule has 0 saturated carbocycles.